The van der Waals surface area contributed by atoms with Crippen LogP contribution in [0, 0.1) is 6.92 Å². The molecule has 3 nitrogen and oxygen atoms in total. The van der Waals surface area contributed by atoms with Crippen LogP contribution in [-0.2, 0) is 20.9 Å². The Balaban J connectivity index is 2.33. The molecule has 1 aliphatic rings. The molecule has 0 heterocycles. The minimum absolute atomic E-state index is 0.234. The quantitative estimate of drug-likeness (QED) is 0.668. The Morgan fingerprint density at radius 2 is 1.59 bits per heavy atom. The van der Waals surface area contributed by atoms with Crippen molar-refractivity contribution in [2.45, 2.75) is 58.2 Å². The Morgan fingerprint density at radius 3 is 2.09 bits per heavy atom. The molecule has 0 atom stereocenters. The minimum Gasteiger partial charge on any atom is -0.371 e. The van der Waals surface area contributed by atoms with E-state index in [-0.39, 0.29) is 5.28 Å². The van der Waals surface area contributed by atoms with Crippen LogP contribution in [0.4, 0.5) is 5.69 Å². The molecule has 0 unspecified atom stereocenters. The van der Waals surface area contributed by atoms with E-state index in [1.165, 1.54) is 24.8 Å². The van der Waals surface area contributed by atoms with E-state index in [0.29, 0.717) is 13.2 Å². The fourth-order valence-corrected chi connectivity index (χ4v) is 6.83. The summed E-state index contributed by atoms with van der Waals surface area (Å²) in [6.07, 6.45) is 5.68. The Kier molecular flexibility index (Phi) is 6.46. The van der Waals surface area contributed by atoms with Crippen LogP contribution in [-0.4, -0.2) is 18.5 Å². The van der Waals surface area contributed by atoms with E-state index in [4.69, 9.17) is 20.9 Å². The molecule has 1 aromatic rings. The fourth-order valence-electron chi connectivity index (χ4n) is 3.13. The third kappa shape index (κ3) is 3.91. The average Bonchev–Trinajstić information content (AvgIpc) is 2.51. The number of hydrogen-bond acceptors (Lipinski definition) is 4. The highest BCUT2D eigenvalue weighted by Gasteiger charge is 2.47. The first kappa shape index (κ1) is 17.9. The van der Waals surface area contributed by atoms with Gasteiger partial charge in [0, 0.05) is 5.69 Å². The zero-order valence-electron chi connectivity index (χ0n) is 13.9. The lowest BCUT2D eigenvalue weighted by atomic mass is 9.94. The lowest BCUT2D eigenvalue weighted by molar-refractivity contribution is 0.233. The van der Waals surface area contributed by atoms with Crippen LogP contribution in [0.15, 0.2) is 24.3 Å². The molecule has 0 aromatic heterocycles. The van der Waals surface area contributed by atoms with Crippen LogP contribution in [0.2, 0.25) is 0 Å². The summed E-state index contributed by atoms with van der Waals surface area (Å²) in [5.41, 5.74) is 2.37. The van der Waals surface area contributed by atoms with E-state index >= 15 is 0 Å². The van der Waals surface area contributed by atoms with Crippen LogP contribution in [0.3, 0.4) is 0 Å². The molecule has 0 aliphatic heterocycles. The SMILES string of the molecule is CCOP(=S)(OCC)C1(Nc2ccc(C)cc2)CCCCC1. The number of rotatable bonds is 7. The molecule has 5 heteroatoms. The fraction of sp³-hybridized carbons (Fsp3) is 0.647. The Hall–Kier alpha value is -0.410. The summed E-state index contributed by atoms with van der Waals surface area (Å²) < 4.78 is 12.1. The number of hydrogen-bond donors (Lipinski definition) is 1. The third-order valence-corrected chi connectivity index (χ3v) is 8.72. The maximum atomic E-state index is 6.05. The average molecular weight is 341 g/mol. The highest BCUT2D eigenvalue weighted by atomic mass is 32.5. The third-order valence-electron chi connectivity index (χ3n) is 4.23. The van der Waals surface area contributed by atoms with Gasteiger partial charge in [-0.15, -0.1) is 0 Å². The lowest BCUT2D eigenvalue weighted by Crippen LogP contribution is -2.41. The lowest BCUT2D eigenvalue weighted by Gasteiger charge is -2.45. The molecule has 0 saturated heterocycles. The molecule has 0 bridgehead atoms. The van der Waals surface area contributed by atoms with E-state index in [1.807, 2.05) is 13.8 Å². The summed E-state index contributed by atoms with van der Waals surface area (Å²) in [4.78, 5) is 0. The molecule has 1 N–H and O–H groups in total. The molecule has 0 amide bonds. The van der Waals surface area contributed by atoms with Crippen LogP contribution in [0.5, 0.6) is 0 Å². The van der Waals surface area contributed by atoms with Crippen LogP contribution in [0.25, 0.3) is 0 Å². The van der Waals surface area contributed by atoms with Gasteiger partial charge >= 0.3 is 0 Å². The van der Waals surface area contributed by atoms with Crippen LogP contribution < -0.4 is 5.32 Å². The second-order valence-corrected chi connectivity index (χ2v) is 9.73. The van der Waals surface area contributed by atoms with Crippen molar-refractivity contribution in [1.82, 2.24) is 0 Å². The highest BCUT2D eigenvalue weighted by Crippen LogP contribution is 2.65. The van der Waals surface area contributed by atoms with Gasteiger partial charge in [0.25, 0.3) is 0 Å². The van der Waals surface area contributed by atoms with Crippen LogP contribution in [0.1, 0.15) is 51.5 Å². The summed E-state index contributed by atoms with van der Waals surface area (Å²) in [5.74, 6) is 0. The Labute approximate surface area is 140 Å². The van der Waals surface area contributed by atoms with E-state index in [2.05, 4.69) is 36.5 Å². The second-order valence-electron chi connectivity index (χ2n) is 5.92. The van der Waals surface area contributed by atoms with Gasteiger partial charge in [0.15, 0.2) is 0 Å². The highest BCUT2D eigenvalue weighted by molar-refractivity contribution is 8.10. The largest absolute Gasteiger partial charge is 0.371 e. The maximum Gasteiger partial charge on any atom is 0.214 e. The van der Waals surface area contributed by atoms with Gasteiger partial charge in [-0.1, -0.05) is 37.0 Å². The zero-order chi connectivity index (χ0) is 16.1. The minimum atomic E-state index is -2.38. The molecule has 1 fully saturated rings. The van der Waals surface area contributed by atoms with Gasteiger partial charge in [-0.3, -0.25) is 0 Å². The van der Waals surface area contributed by atoms with Gasteiger partial charge in [0.05, 0.1) is 13.2 Å². The summed E-state index contributed by atoms with van der Waals surface area (Å²) >= 11 is 5.96. The van der Waals surface area contributed by atoms with E-state index in [9.17, 15) is 0 Å². The Morgan fingerprint density at radius 1 is 1.05 bits per heavy atom. The molecule has 22 heavy (non-hydrogen) atoms. The molecular formula is C17H28NO2PS. The van der Waals surface area contributed by atoms with Crippen molar-refractivity contribution < 1.29 is 9.05 Å². The van der Waals surface area contributed by atoms with Gasteiger partial charge in [0.2, 0.25) is 6.49 Å². The van der Waals surface area contributed by atoms with E-state index in [1.54, 1.807) is 0 Å². The van der Waals surface area contributed by atoms with Crippen LogP contribution >= 0.6 is 6.49 Å². The molecule has 1 aromatic carbocycles. The van der Waals surface area contributed by atoms with E-state index < -0.39 is 6.49 Å². The molecule has 2 rings (SSSR count). The molecule has 0 radical (unpaired) electrons. The van der Waals surface area contributed by atoms with Crippen molar-refractivity contribution in [3.05, 3.63) is 29.8 Å². The number of nitrogens with one attached hydrogen (secondary N) is 1. The van der Waals surface area contributed by atoms with E-state index in [0.717, 1.165) is 18.5 Å². The molecule has 124 valence electrons. The van der Waals surface area contributed by atoms with Crippen molar-refractivity contribution in [2.75, 3.05) is 18.5 Å². The number of benzene rings is 1. The summed E-state index contributed by atoms with van der Waals surface area (Å²) in [7, 11) is 0. The van der Waals surface area contributed by atoms with Crippen molar-refractivity contribution in [3.8, 4) is 0 Å². The van der Waals surface area contributed by atoms with Gasteiger partial charge in [-0.25, -0.2) is 0 Å². The Bertz CT molecular complexity index is 502. The summed E-state index contributed by atoms with van der Waals surface area (Å²) in [6.45, 7) is 4.94. The first-order valence-electron chi connectivity index (χ1n) is 8.29. The maximum absolute atomic E-state index is 6.05. The second kappa shape index (κ2) is 7.92. The molecular weight excluding hydrogens is 313 g/mol. The molecule has 0 spiro atoms. The predicted octanol–water partition coefficient (Wildman–Crippen LogP) is 5.45. The topological polar surface area (TPSA) is 30.5 Å². The van der Waals surface area contributed by atoms with Gasteiger partial charge in [-0.05, 0) is 57.6 Å². The predicted molar refractivity (Wildman–Crippen MR) is 98.2 cm³/mol. The molecule has 1 aliphatic carbocycles. The van der Waals surface area contributed by atoms with Gasteiger partial charge in [-0.2, -0.15) is 0 Å². The first-order valence-corrected chi connectivity index (χ1v) is 10.9. The van der Waals surface area contributed by atoms with Crippen molar-refractivity contribution in [3.63, 3.8) is 0 Å². The first-order chi connectivity index (χ1) is 10.6. The number of aryl methyl sites for hydroxylation is 1. The molecule has 1 saturated carbocycles. The zero-order valence-corrected chi connectivity index (χ0v) is 15.6. The summed E-state index contributed by atoms with van der Waals surface area (Å²) in [5, 5.41) is 3.49. The van der Waals surface area contributed by atoms with Gasteiger partial charge in [0.1, 0.15) is 5.28 Å². The standard InChI is InChI=1S/C17H28NO2PS/c1-4-19-21(22,20-5-2)17(13-7-6-8-14-17)18-16-11-9-15(3)10-12-16/h9-12,18H,4-8,13-14H2,1-3H3. The van der Waals surface area contributed by atoms with Gasteiger partial charge < -0.3 is 14.4 Å². The smallest absolute Gasteiger partial charge is 0.214 e. The summed E-state index contributed by atoms with van der Waals surface area (Å²) in [6, 6.07) is 8.51. The van der Waals surface area contributed by atoms with Crippen molar-refractivity contribution in [2.24, 2.45) is 0 Å². The normalized spacial score (nSPS) is 18.1. The monoisotopic (exact) mass is 341 g/mol. The van der Waals surface area contributed by atoms with Crippen molar-refractivity contribution in [1.29, 1.82) is 0 Å². The number of anilines is 1. The van der Waals surface area contributed by atoms with Crippen molar-refractivity contribution >= 4 is 24.0 Å².